The second-order valence-corrected chi connectivity index (χ2v) is 17.6. The van der Waals surface area contributed by atoms with Crippen molar-refractivity contribution >= 4 is 27.5 Å². The third kappa shape index (κ3) is 7.15. The van der Waals surface area contributed by atoms with Gasteiger partial charge in [0.15, 0.2) is 9.84 Å². The van der Waals surface area contributed by atoms with Crippen molar-refractivity contribution in [2.24, 2.45) is 17.8 Å². The first-order chi connectivity index (χ1) is 24.6. The molecule has 0 radical (unpaired) electrons. The van der Waals surface area contributed by atoms with E-state index in [0.29, 0.717) is 16.7 Å². The standard InChI is InChI=1S/C39H52FN5O5S/c1-3-37(46)45-25-34(26-45)51(48,49)33-13-11-32(12-14-33)44-23-28(24-44)22-42-19-15-29(16-20-42)39(27-43-17-6-18-43,30-7-4-8-31(40)21-30)35-9-5-10-36(35)41-38(47)50-2/h3-4,7-8,11-14,21,28-29,34-36H,1,5-6,9-10,15-20,22-27H2,2H3,(H,41,47)/t35-,36-,39-/m0/s1. The molecule has 4 saturated heterocycles. The fourth-order valence-corrected chi connectivity index (χ4v) is 11.3. The van der Waals surface area contributed by atoms with E-state index >= 15 is 0 Å². The maximum Gasteiger partial charge on any atom is 0.407 e. The Bertz CT molecular complexity index is 1680. The fraction of sp³-hybridized carbons (Fsp3) is 0.590. The lowest BCUT2D eigenvalue weighted by molar-refractivity contribution is -0.129. The minimum Gasteiger partial charge on any atom is -0.453 e. The molecule has 7 rings (SSSR count). The zero-order chi connectivity index (χ0) is 35.8. The summed E-state index contributed by atoms with van der Waals surface area (Å²) in [5, 5.41) is 2.60. The molecule has 1 saturated carbocycles. The van der Waals surface area contributed by atoms with Crippen LogP contribution in [0.25, 0.3) is 0 Å². The van der Waals surface area contributed by atoms with Crippen molar-refractivity contribution in [2.75, 3.05) is 77.5 Å². The van der Waals surface area contributed by atoms with Crippen molar-refractivity contribution in [2.45, 2.75) is 60.1 Å². The maximum atomic E-state index is 15.0. The van der Waals surface area contributed by atoms with E-state index in [9.17, 15) is 22.4 Å². The molecule has 1 N–H and O–H groups in total. The van der Waals surface area contributed by atoms with Crippen molar-refractivity contribution in [3.05, 3.63) is 72.6 Å². The zero-order valence-electron chi connectivity index (χ0n) is 29.7. The van der Waals surface area contributed by atoms with Gasteiger partial charge in [0.2, 0.25) is 5.91 Å². The number of hydrogen-bond acceptors (Lipinski definition) is 8. The SMILES string of the molecule is C=CC(=O)N1CC(S(=O)(=O)c2ccc(N3CC(CN4CCC([C@@](CN5CCC5)(c5cccc(F)c5)[C@H]5CCC[C@@H]5NC(=O)OC)CC4)C3)cc2)C1. The number of sulfone groups is 1. The number of carbonyl (C=O) groups is 2. The zero-order valence-corrected chi connectivity index (χ0v) is 30.5. The molecule has 2 aromatic carbocycles. The number of methoxy groups -OCH3 is 1. The highest BCUT2D eigenvalue weighted by molar-refractivity contribution is 7.92. The second kappa shape index (κ2) is 14.9. The molecule has 5 aliphatic rings. The lowest BCUT2D eigenvalue weighted by atomic mass is 9.57. The van der Waals surface area contributed by atoms with Crippen LogP contribution < -0.4 is 10.2 Å². The van der Waals surface area contributed by atoms with Crippen molar-refractivity contribution in [3.63, 3.8) is 0 Å². The highest BCUT2D eigenvalue weighted by atomic mass is 32.2. The van der Waals surface area contributed by atoms with Crippen molar-refractivity contribution in [3.8, 4) is 0 Å². The van der Waals surface area contributed by atoms with Gasteiger partial charge in [-0.1, -0.05) is 25.1 Å². The second-order valence-electron chi connectivity index (χ2n) is 15.4. The third-order valence-electron chi connectivity index (χ3n) is 12.6. The molecule has 0 aromatic heterocycles. The number of benzene rings is 2. The van der Waals surface area contributed by atoms with Crippen LogP contribution >= 0.6 is 0 Å². The number of hydrogen-bond donors (Lipinski definition) is 1. The van der Waals surface area contributed by atoms with E-state index in [-0.39, 0.29) is 42.2 Å². The van der Waals surface area contributed by atoms with Gasteiger partial charge < -0.3 is 29.7 Å². The molecule has 0 spiro atoms. The van der Waals surface area contributed by atoms with Crippen LogP contribution in [0.1, 0.15) is 44.1 Å². The molecule has 1 aliphatic carbocycles. The molecule has 10 nitrogen and oxygen atoms in total. The van der Waals surface area contributed by atoms with Gasteiger partial charge in [0.05, 0.1) is 12.0 Å². The Hall–Kier alpha value is -3.48. The molecule has 5 fully saturated rings. The summed E-state index contributed by atoms with van der Waals surface area (Å²) in [6, 6.07) is 14.5. The Morgan fingerprint density at radius 1 is 0.961 bits per heavy atom. The Labute approximate surface area is 301 Å². The molecular weight excluding hydrogens is 670 g/mol. The van der Waals surface area contributed by atoms with E-state index < -0.39 is 21.2 Å². The number of amides is 2. The summed E-state index contributed by atoms with van der Waals surface area (Å²) in [4.78, 5) is 33.4. The first kappa shape index (κ1) is 35.9. The van der Waals surface area contributed by atoms with Crippen molar-refractivity contribution < 1.29 is 27.1 Å². The van der Waals surface area contributed by atoms with Crippen LogP contribution in [-0.2, 0) is 24.8 Å². The first-order valence-electron chi connectivity index (χ1n) is 18.7. The fourth-order valence-electron chi connectivity index (χ4n) is 9.61. The van der Waals surface area contributed by atoms with Gasteiger partial charge in [-0.05, 0) is 118 Å². The van der Waals surface area contributed by atoms with E-state index in [4.69, 9.17) is 4.74 Å². The lowest BCUT2D eigenvalue weighted by Crippen LogP contribution is -2.60. The Balaban J connectivity index is 0.981. The maximum absolute atomic E-state index is 15.0. The van der Waals surface area contributed by atoms with E-state index in [2.05, 4.69) is 32.7 Å². The van der Waals surface area contributed by atoms with Crippen molar-refractivity contribution in [1.29, 1.82) is 0 Å². The summed E-state index contributed by atoms with van der Waals surface area (Å²) in [5.74, 6) is 0.651. The number of likely N-dealkylation sites (tertiary alicyclic amines) is 3. The number of rotatable bonds is 12. The molecule has 276 valence electrons. The molecule has 3 atom stereocenters. The van der Waals surface area contributed by atoms with Crippen LogP contribution in [0.4, 0.5) is 14.9 Å². The Morgan fingerprint density at radius 3 is 2.31 bits per heavy atom. The number of halogens is 1. The van der Waals surface area contributed by atoms with Gasteiger partial charge in [0.25, 0.3) is 0 Å². The molecule has 2 aromatic rings. The Kier molecular flexibility index (Phi) is 10.5. The molecule has 51 heavy (non-hydrogen) atoms. The number of anilines is 1. The van der Waals surface area contributed by atoms with E-state index in [0.717, 1.165) is 95.7 Å². The van der Waals surface area contributed by atoms with Crippen LogP contribution in [0.2, 0.25) is 0 Å². The highest BCUT2D eigenvalue weighted by Gasteiger charge is 2.53. The van der Waals surface area contributed by atoms with Crippen LogP contribution in [0, 0.1) is 23.6 Å². The predicted octanol–water partition coefficient (Wildman–Crippen LogP) is 4.31. The van der Waals surface area contributed by atoms with Gasteiger partial charge in [-0.15, -0.1) is 0 Å². The average Bonchev–Trinajstić information content (AvgIpc) is 3.53. The molecular formula is C39H52FN5O5S. The molecule has 2 amide bonds. The summed E-state index contributed by atoms with van der Waals surface area (Å²) in [6.45, 7) is 11.8. The van der Waals surface area contributed by atoms with Gasteiger partial charge in [-0.2, -0.15) is 0 Å². The normalized spacial score (nSPS) is 25.0. The minimum atomic E-state index is -3.49. The monoisotopic (exact) mass is 721 g/mol. The minimum absolute atomic E-state index is 0.00765. The Morgan fingerprint density at radius 2 is 1.69 bits per heavy atom. The number of piperidine rings is 1. The highest BCUT2D eigenvalue weighted by Crippen LogP contribution is 2.51. The van der Waals surface area contributed by atoms with Gasteiger partial charge in [0.1, 0.15) is 11.1 Å². The van der Waals surface area contributed by atoms with Gasteiger partial charge in [-0.3, -0.25) is 4.79 Å². The number of nitrogens with zero attached hydrogens (tertiary/aromatic N) is 4. The summed E-state index contributed by atoms with van der Waals surface area (Å²) in [6.07, 6.45) is 7.00. The third-order valence-corrected chi connectivity index (χ3v) is 14.7. The van der Waals surface area contributed by atoms with E-state index in [1.807, 2.05) is 18.2 Å². The molecule has 12 heteroatoms. The number of alkyl carbamates (subject to hydrolysis) is 1. The molecule has 0 unspecified atom stereocenters. The first-order valence-corrected chi connectivity index (χ1v) is 20.2. The van der Waals surface area contributed by atoms with Gasteiger partial charge in [0, 0.05) is 62.3 Å². The van der Waals surface area contributed by atoms with E-state index in [1.54, 1.807) is 18.2 Å². The van der Waals surface area contributed by atoms with Crippen molar-refractivity contribution in [1.82, 2.24) is 20.0 Å². The average molecular weight is 722 g/mol. The molecule has 0 bridgehead atoms. The van der Waals surface area contributed by atoms with Gasteiger partial charge in [-0.25, -0.2) is 17.6 Å². The predicted molar refractivity (Wildman–Crippen MR) is 195 cm³/mol. The number of ether oxygens (including phenoxy) is 1. The van der Waals surface area contributed by atoms with Gasteiger partial charge >= 0.3 is 6.09 Å². The summed E-state index contributed by atoms with van der Waals surface area (Å²) in [7, 11) is -2.08. The molecule has 4 aliphatic heterocycles. The summed E-state index contributed by atoms with van der Waals surface area (Å²) < 4.78 is 46.2. The topological polar surface area (TPSA) is 103 Å². The number of carbonyl (C=O) groups excluding carboxylic acids is 2. The smallest absolute Gasteiger partial charge is 0.407 e. The molecule has 4 heterocycles. The van der Waals surface area contributed by atoms with Crippen LogP contribution in [0.3, 0.4) is 0 Å². The largest absolute Gasteiger partial charge is 0.453 e. The number of nitrogens with one attached hydrogen (secondary N) is 1. The summed E-state index contributed by atoms with van der Waals surface area (Å²) >= 11 is 0. The van der Waals surface area contributed by atoms with Crippen LogP contribution in [-0.4, -0.2) is 119 Å². The van der Waals surface area contributed by atoms with Crippen LogP contribution in [0.15, 0.2) is 66.1 Å². The lowest BCUT2D eigenvalue weighted by Gasteiger charge is -2.54. The van der Waals surface area contributed by atoms with E-state index in [1.165, 1.54) is 30.6 Å². The summed E-state index contributed by atoms with van der Waals surface area (Å²) in [5.41, 5.74) is 1.82. The quantitative estimate of drug-likeness (QED) is 0.324. The van der Waals surface area contributed by atoms with Crippen LogP contribution in [0.5, 0.6) is 0 Å².